The monoisotopic (exact) mass is 199 g/mol. The van der Waals surface area contributed by atoms with Crippen LogP contribution in [0.1, 0.15) is 6.92 Å². The van der Waals surface area contributed by atoms with Crippen molar-refractivity contribution in [1.82, 2.24) is 10.2 Å². The lowest BCUT2D eigenvalue weighted by atomic mass is 10.2. The number of halogens is 1. The van der Waals surface area contributed by atoms with Crippen LogP contribution in [0.4, 0.5) is 5.69 Å². The third-order valence-corrected chi connectivity index (χ3v) is 2.50. The highest BCUT2D eigenvalue weighted by molar-refractivity contribution is 6.31. The molecular formula is C8H10ClN3O. The van der Waals surface area contributed by atoms with Crippen LogP contribution < -0.4 is 9.64 Å². The van der Waals surface area contributed by atoms with Gasteiger partial charge in [-0.1, -0.05) is 11.6 Å². The molecule has 0 aromatic carbocycles. The predicted octanol–water partition coefficient (Wildman–Crippen LogP) is 1.35. The van der Waals surface area contributed by atoms with Crippen LogP contribution in [0.25, 0.3) is 0 Å². The Morgan fingerprint density at radius 3 is 3.23 bits per heavy atom. The van der Waals surface area contributed by atoms with Gasteiger partial charge in [-0.3, -0.25) is 0 Å². The molecule has 0 radical (unpaired) electrons. The molecule has 2 rings (SSSR count). The Kier molecular flexibility index (Phi) is 2.00. The molecule has 0 amide bonds. The first-order valence-corrected chi connectivity index (χ1v) is 4.44. The summed E-state index contributed by atoms with van der Waals surface area (Å²) in [6, 6.07) is 0.341. The number of hydrogen-bond acceptors (Lipinski definition) is 4. The molecule has 0 fully saturated rings. The lowest BCUT2D eigenvalue weighted by molar-refractivity contribution is 0.273. The number of nitrogens with zero attached hydrogens (tertiary/aromatic N) is 3. The minimum Gasteiger partial charge on any atom is -0.486 e. The van der Waals surface area contributed by atoms with E-state index in [0.717, 1.165) is 5.69 Å². The summed E-state index contributed by atoms with van der Waals surface area (Å²) in [5.74, 6) is 0.636. The zero-order chi connectivity index (χ0) is 9.42. The summed E-state index contributed by atoms with van der Waals surface area (Å²) < 4.78 is 5.46. The fourth-order valence-corrected chi connectivity index (χ4v) is 1.48. The average Bonchev–Trinajstić information content (AvgIpc) is 2.12. The molecule has 0 N–H and O–H groups in total. The van der Waals surface area contributed by atoms with E-state index in [-0.39, 0.29) is 0 Å². The van der Waals surface area contributed by atoms with Gasteiger partial charge >= 0.3 is 0 Å². The quantitative estimate of drug-likeness (QED) is 0.632. The van der Waals surface area contributed by atoms with E-state index in [2.05, 4.69) is 22.0 Å². The van der Waals surface area contributed by atoms with Crippen molar-refractivity contribution in [1.29, 1.82) is 0 Å². The largest absolute Gasteiger partial charge is 0.486 e. The van der Waals surface area contributed by atoms with Crippen LogP contribution in [0.3, 0.4) is 0 Å². The number of anilines is 1. The van der Waals surface area contributed by atoms with Gasteiger partial charge in [0.2, 0.25) is 0 Å². The Morgan fingerprint density at radius 1 is 1.69 bits per heavy atom. The van der Waals surface area contributed by atoms with Crippen molar-refractivity contribution >= 4 is 17.3 Å². The molecule has 1 aliphatic heterocycles. The van der Waals surface area contributed by atoms with Crippen molar-refractivity contribution in [2.24, 2.45) is 0 Å². The maximum Gasteiger partial charge on any atom is 0.195 e. The van der Waals surface area contributed by atoms with Gasteiger partial charge in [0.05, 0.1) is 12.2 Å². The van der Waals surface area contributed by atoms with Crippen LogP contribution in [0, 0.1) is 0 Å². The van der Waals surface area contributed by atoms with Crippen LogP contribution >= 0.6 is 11.6 Å². The van der Waals surface area contributed by atoms with Gasteiger partial charge in [0.15, 0.2) is 10.9 Å². The molecule has 70 valence electrons. The van der Waals surface area contributed by atoms with Crippen molar-refractivity contribution in [3.05, 3.63) is 11.3 Å². The molecule has 13 heavy (non-hydrogen) atoms. The molecule has 0 aliphatic carbocycles. The second kappa shape index (κ2) is 3.03. The summed E-state index contributed by atoms with van der Waals surface area (Å²) >= 11 is 5.83. The van der Waals surface area contributed by atoms with Gasteiger partial charge < -0.3 is 9.64 Å². The number of ether oxygens (including phenoxy) is 1. The van der Waals surface area contributed by atoms with Gasteiger partial charge in [-0.15, -0.1) is 5.10 Å². The van der Waals surface area contributed by atoms with E-state index < -0.39 is 0 Å². The summed E-state index contributed by atoms with van der Waals surface area (Å²) in [4.78, 5) is 2.08. The van der Waals surface area contributed by atoms with E-state index >= 15 is 0 Å². The molecule has 1 atom stereocenters. The van der Waals surface area contributed by atoms with Gasteiger partial charge in [-0.05, 0) is 6.92 Å². The zero-order valence-electron chi connectivity index (χ0n) is 7.49. The minimum atomic E-state index is 0.330. The van der Waals surface area contributed by atoms with E-state index in [9.17, 15) is 0 Å². The molecule has 1 aliphatic rings. The topological polar surface area (TPSA) is 38.3 Å². The highest BCUT2D eigenvalue weighted by Gasteiger charge is 2.24. The Morgan fingerprint density at radius 2 is 2.46 bits per heavy atom. The highest BCUT2D eigenvalue weighted by Crippen LogP contribution is 2.36. The van der Waals surface area contributed by atoms with E-state index in [1.807, 2.05) is 7.05 Å². The maximum atomic E-state index is 5.83. The predicted molar refractivity (Wildman–Crippen MR) is 50.4 cm³/mol. The van der Waals surface area contributed by atoms with Gasteiger partial charge in [-0.2, -0.15) is 5.10 Å². The third kappa shape index (κ3) is 1.31. The molecule has 0 saturated heterocycles. The molecule has 1 aromatic rings. The highest BCUT2D eigenvalue weighted by atomic mass is 35.5. The molecular weight excluding hydrogens is 190 g/mol. The van der Waals surface area contributed by atoms with Crippen molar-refractivity contribution < 1.29 is 4.74 Å². The molecule has 0 spiro atoms. The SMILES string of the molecule is C[C@H]1COc2c(cnnc2Cl)N1C. The number of rotatable bonds is 0. The van der Waals surface area contributed by atoms with Crippen molar-refractivity contribution in [2.45, 2.75) is 13.0 Å². The van der Waals surface area contributed by atoms with Crippen LogP contribution in [-0.4, -0.2) is 29.9 Å². The normalized spacial score (nSPS) is 20.8. The molecule has 2 heterocycles. The average molecular weight is 200 g/mol. The number of aromatic nitrogens is 2. The number of hydrogen-bond donors (Lipinski definition) is 0. The fourth-order valence-electron chi connectivity index (χ4n) is 1.28. The van der Waals surface area contributed by atoms with E-state index in [4.69, 9.17) is 16.3 Å². The van der Waals surface area contributed by atoms with Crippen LogP contribution in [-0.2, 0) is 0 Å². The van der Waals surface area contributed by atoms with Crippen molar-refractivity contribution in [3.63, 3.8) is 0 Å². The standard InChI is InChI=1S/C8H10ClN3O/c1-5-4-13-7-6(12(5)2)3-10-11-8(7)9/h3,5H,4H2,1-2H3/t5-/m0/s1. The molecule has 0 unspecified atom stereocenters. The van der Waals surface area contributed by atoms with Gasteiger partial charge in [0.1, 0.15) is 12.3 Å². The van der Waals surface area contributed by atoms with E-state index in [1.165, 1.54) is 0 Å². The second-order valence-electron chi connectivity index (χ2n) is 3.12. The molecule has 4 nitrogen and oxygen atoms in total. The van der Waals surface area contributed by atoms with Crippen LogP contribution in [0.2, 0.25) is 5.15 Å². The Labute approximate surface area is 81.5 Å². The Balaban J connectivity index is 2.49. The van der Waals surface area contributed by atoms with E-state index in [1.54, 1.807) is 6.20 Å². The van der Waals surface area contributed by atoms with Crippen LogP contribution in [0.15, 0.2) is 6.20 Å². The van der Waals surface area contributed by atoms with Gasteiger partial charge in [0, 0.05) is 7.05 Å². The zero-order valence-corrected chi connectivity index (χ0v) is 8.25. The van der Waals surface area contributed by atoms with Gasteiger partial charge in [-0.25, -0.2) is 0 Å². The summed E-state index contributed by atoms with van der Waals surface area (Å²) in [5, 5.41) is 7.82. The lowest BCUT2D eigenvalue weighted by Gasteiger charge is -2.32. The smallest absolute Gasteiger partial charge is 0.195 e. The lowest BCUT2D eigenvalue weighted by Crippen LogP contribution is -2.38. The molecule has 1 aromatic heterocycles. The van der Waals surface area contributed by atoms with Crippen molar-refractivity contribution in [3.8, 4) is 5.75 Å². The molecule has 5 heteroatoms. The number of likely N-dealkylation sites (N-methyl/N-ethyl adjacent to an activating group) is 1. The first-order valence-electron chi connectivity index (χ1n) is 4.07. The summed E-state index contributed by atoms with van der Waals surface area (Å²) in [7, 11) is 1.99. The second-order valence-corrected chi connectivity index (χ2v) is 3.48. The van der Waals surface area contributed by atoms with E-state index in [0.29, 0.717) is 23.6 Å². The first kappa shape index (κ1) is 8.56. The maximum absolute atomic E-state index is 5.83. The first-order chi connectivity index (χ1) is 6.20. The molecule has 0 bridgehead atoms. The summed E-state index contributed by atoms with van der Waals surface area (Å²) in [6.45, 7) is 2.71. The summed E-state index contributed by atoms with van der Waals surface area (Å²) in [5.41, 5.74) is 0.902. The molecule has 0 saturated carbocycles. The summed E-state index contributed by atoms with van der Waals surface area (Å²) in [6.07, 6.45) is 1.66. The Bertz CT molecular complexity index is 331. The number of fused-ring (bicyclic) bond motifs is 1. The minimum absolute atomic E-state index is 0.330. The fraction of sp³-hybridized carbons (Fsp3) is 0.500. The van der Waals surface area contributed by atoms with Gasteiger partial charge in [0.25, 0.3) is 0 Å². The Hall–Kier alpha value is -1.03. The van der Waals surface area contributed by atoms with Crippen LogP contribution in [0.5, 0.6) is 5.75 Å². The third-order valence-electron chi connectivity index (χ3n) is 2.26. The van der Waals surface area contributed by atoms with Crippen molar-refractivity contribution in [2.75, 3.05) is 18.6 Å².